The smallest absolute Gasteiger partial charge is 0.330 e. The van der Waals surface area contributed by atoms with Gasteiger partial charge in [-0.05, 0) is 62.5 Å². The lowest BCUT2D eigenvalue weighted by Gasteiger charge is -2.41. The molecule has 0 aliphatic rings. The van der Waals surface area contributed by atoms with Crippen molar-refractivity contribution in [3.05, 3.63) is 36.0 Å². The summed E-state index contributed by atoms with van der Waals surface area (Å²) in [6, 6.07) is 0. The summed E-state index contributed by atoms with van der Waals surface area (Å²) in [4.78, 5) is 11.4. The fourth-order valence-electron chi connectivity index (χ4n) is 2.74. The molecule has 2 atom stereocenters. The molecule has 0 aliphatic carbocycles. The molecule has 0 fully saturated rings. The van der Waals surface area contributed by atoms with E-state index in [2.05, 4.69) is 87.7 Å². The number of hydrogen-bond acceptors (Lipinski definition) is 4. The fraction of sp³-hybridized carbons (Fsp3) is 0.741. The Morgan fingerprint density at radius 2 is 1.42 bits per heavy atom. The topological polar surface area (TPSA) is 44.8 Å². The lowest BCUT2D eigenvalue weighted by molar-refractivity contribution is -0.137. The van der Waals surface area contributed by atoms with Crippen LogP contribution in [0.3, 0.4) is 0 Å². The average molecular weight is 497 g/mol. The number of allylic oxidation sites excluding steroid dienone is 4. The van der Waals surface area contributed by atoms with Crippen LogP contribution in [0.4, 0.5) is 0 Å². The van der Waals surface area contributed by atoms with Crippen LogP contribution in [0, 0.1) is 5.92 Å². The summed E-state index contributed by atoms with van der Waals surface area (Å²) >= 11 is 0. The van der Waals surface area contributed by atoms with Crippen LogP contribution in [0.5, 0.6) is 0 Å². The van der Waals surface area contributed by atoms with Crippen molar-refractivity contribution in [3.63, 3.8) is 0 Å². The van der Waals surface area contributed by atoms with Gasteiger partial charge in [0.2, 0.25) is 0 Å². The zero-order valence-corrected chi connectivity index (χ0v) is 25.8. The molecular formula is C27H52O4Si2. The predicted molar refractivity (Wildman–Crippen MR) is 148 cm³/mol. The second-order valence-corrected chi connectivity index (χ2v) is 21.6. The molecule has 0 rings (SSSR count). The highest BCUT2D eigenvalue weighted by Gasteiger charge is 2.41. The van der Waals surface area contributed by atoms with E-state index in [0.717, 1.165) is 18.6 Å². The van der Waals surface area contributed by atoms with Crippen molar-refractivity contribution < 1.29 is 18.4 Å². The molecule has 0 bridgehead atoms. The highest BCUT2D eigenvalue weighted by atomic mass is 28.4. The minimum Gasteiger partial charge on any atom is -0.463 e. The molecule has 0 aromatic heterocycles. The van der Waals surface area contributed by atoms with Crippen LogP contribution in [0.15, 0.2) is 36.0 Å². The van der Waals surface area contributed by atoms with E-state index in [4.69, 9.17) is 13.6 Å². The number of carbonyl (C=O) groups excluding carboxylic acids is 1. The lowest BCUT2D eigenvalue weighted by atomic mass is 9.99. The second-order valence-electron chi connectivity index (χ2n) is 12.1. The zero-order valence-electron chi connectivity index (χ0n) is 23.8. The first-order valence-corrected chi connectivity index (χ1v) is 18.2. The standard InChI is InChI=1S/C27H52O4Si2/c1-14-29-25(28)18-16-15-17-22(2)21-23(3)24(31-33(12,13)27(7,8)9)19-20-30-32(10,11)26(4,5)6/h15-18,21,23-24H,14,19-20H2,1-13H3/b17-15+,18-16?,22-21+/t23-,24-/m0/s1. The minimum absolute atomic E-state index is 0.106. The van der Waals surface area contributed by atoms with E-state index in [1.165, 1.54) is 6.08 Å². The first-order chi connectivity index (χ1) is 14.8. The maximum Gasteiger partial charge on any atom is 0.330 e. The van der Waals surface area contributed by atoms with Gasteiger partial charge in [-0.1, -0.05) is 78.3 Å². The summed E-state index contributed by atoms with van der Waals surface area (Å²) in [6.45, 7) is 30.2. The van der Waals surface area contributed by atoms with Gasteiger partial charge in [-0.15, -0.1) is 0 Å². The Kier molecular flexibility index (Phi) is 12.8. The Morgan fingerprint density at radius 3 is 1.91 bits per heavy atom. The molecule has 0 spiro atoms. The van der Waals surface area contributed by atoms with Crippen LogP contribution in [0.2, 0.25) is 36.3 Å². The van der Waals surface area contributed by atoms with Crippen molar-refractivity contribution >= 4 is 22.6 Å². The number of rotatable bonds is 12. The average Bonchev–Trinajstić information content (AvgIpc) is 2.62. The summed E-state index contributed by atoms with van der Waals surface area (Å²) in [5.74, 6) is -0.0671. The van der Waals surface area contributed by atoms with Crippen molar-refractivity contribution in [2.45, 2.75) is 111 Å². The van der Waals surface area contributed by atoms with Crippen LogP contribution < -0.4 is 0 Å². The molecule has 6 heteroatoms. The molecule has 33 heavy (non-hydrogen) atoms. The van der Waals surface area contributed by atoms with Crippen molar-refractivity contribution in [2.24, 2.45) is 5.92 Å². The van der Waals surface area contributed by atoms with Gasteiger partial charge in [0.1, 0.15) is 0 Å². The molecule has 0 aliphatic heterocycles. The molecule has 0 aromatic rings. The van der Waals surface area contributed by atoms with E-state index in [9.17, 15) is 4.79 Å². The molecule has 0 aromatic carbocycles. The van der Waals surface area contributed by atoms with Crippen molar-refractivity contribution in [1.29, 1.82) is 0 Å². The maximum atomic E-state index is 11.4. The quantitative estimate of drug-likeness (QED) is 0.119. The first-order valence-electron chi connectivity index (χ1n) is 12.4. The Labute approximate surface area is 207 Å². The van der Waals surface area contributed by atoms with Crippen molar-refractivity contribution in [1.82, 2.24) is 0 Å². The summed E-state index contributed by atoms with van der Waals surface area (Å²) in [5, 5.41) is 0.356. The lowest BCUT2D eigenvalue weighted by Crippen LogP contribution is -2.46. The Balaban J connectivity index is 5.45. The maximum absolute atomic E-state index is 11.4. The monoisotopic (exact) mass is 496 g/mol. The molecule has 0 N–H and O–H groups in total. The number of hydrogen-bond donors (Lipinski definition) is 0. The van der Waals surface area contributed by atoms with Crippen LogP contribution in [-0.2, 0) is 18.4 Å². The Morgan fingerprint density at radius 1 is 0.909 bits per heavy atom. The van der Waals surface area contributed by atoms with E-state index in [0.29, 0.717) is 6.61 Å². The molecule has 0 saturated carbocycles. The molecule has 4 nitrogen and oxygen atoms in total. The second kappa shape index (κ2) is 13.2. The number of esters is 1. The van der Waals surface area contributed by atoms with Crippen LogP contribution in [0.1, 0.15) is 68.7 Å². The highest BCUT2D eigenvalue weighted by Crippen LogP contribution is 2.39. The third-order valence-corrected chi connectivity index (χ3v) is 16.1. The van der Waals surface area contributed by atoms with E-state index in [-0.39, 0.29) is 28.1 Å². The van der Waals surface area contributed by atoms with Gasteiger partial charge in [-0.2, -0.15) is 0 Å². The molecule has 0 saturated heterocycles. The van der Waals surface area contributed by atoms with Gasteiger partial charge in [0.15, 0.2) is 16.6 Å². The molecule has 0 heterocycles. The largest absolute Gasteiger partial charge is 0.463 e. The van der Waals surface area contributed by atoms with Crippen molar-refractivity contribution in [2.75, 3.05) is 13.2 Å². The SMILES string of the molecule is CCOC(=O)C=C/C=C/C(C)=C/[C@H](C)[C@H](CCO[Si](C)(C)C(C)(C)C)O[Si](C)(C)C(C)(C)C. The third kappa shape index (κ3) is 11.8. The predicted octanol–water partition coefficient (Wildman–Crippen LogP) is 8.05. The Bertz CT molecular complexity index is 692. The summed E-state index contributed by atoms with van der Waals surface area (Å²) < 4.78 is 18.3. The third-order valence-electron chi connectivity index (χ3n) is 7.03. The highest BCUT2D eigenvalue weighted by molar-refractivity contribution is 6.74. The van der Waals surface area contributed by atoms with Crippen LogP contribution in [-0.4, -0.2) is 41.9 Å². The van der Waals surface area contributed by atoms with Gasteiger partial charge in [0, 0.05) is 12.7 Å². The molecule has 0 radical (unpaired) electrons. The van der Waals surface area contributed by atoms with Crippen LogP contribution in [0.25, 0.3) is 0 Å². The van der Waals surface area contributed by atoms with Gasteiger partial charge in [-0.25, -0.2) is 4.79 Å². The van der Waals surface area contributed by atoms with Gasteiger partial charge in [-0.3, -0.25) is 0 Å². The first kappa shape index (κ1) is 32.0. The zero-order chi connectivity index (χ0) is 26.1. The molecular weight excluding hydrogens is 444 g/mol. The fourth-order valence-corrected chi connectivity index (χ4v) is 5.24. The van der Waals surface area contributed by atoms with Crippen molar-refractivity contribution in [3.8, 4) is 0 Å². The summed E-state index contributed by atoms with van der Waals surface area (Å²) in [6.07, 6.45) is 10.3. The minimum atomic E-state index is -1.92. The summed E-state index contributed by atoms with van der Waals surface area (Å²) in [7, 11) is -3.71. The molecule has 0 amide bonds. The van der Waals surface area contributed by atoms with Gasteiger partial charge in [0.05, 0.1) is 12.7 Å². The van der Waals surface area contributed by atoms with Gasteiger partial charge >= 0.3 is 5.97 Å². The van der Waals surface area contributed by atoms with Gasteiger partial charge in [0.25, 0.3) is 0 Å². The summed E-state index contributed by atoms with van der Waals surface area (Å²) in [5.41, 5.74) is 1.14. The number of ether oxygens (including phenoxy) is 1. The Hall–Kier alpha value is -0.956. The van der Waals surface area contributed by atoms with E-state index in [1.807, 2.05) is 12.2 Å². The molecule has 0 unspecified atom stereocenters. The van der Waals surface area contributed by atoms with E-state index >= 15 is 0 Å². The van der Waals surface area contributed by atoms with E-state index < -0.39 is 16.6 Å². The van der Waals surface area contributed by atoms with E-state index in [1.54, 1.807) is 13.0 Å². The van der Waals surface area contributed by atoms with Gasteiger partial charge < -0.3 is 13.6 Å². The van der Waals surface area contributed by atoms with Crippen LogP contribution >= 0.6 is 0 Å². The normalized spacial score (nSPS) is 16.5. The molecule has 192 valence electrons. The number of carbonyl (C=O) groups is 1.